The van der Waals surface area contributed by atoms with Gasteiger partial charge < -0.3 is 5.32 Å². The second kappa shape index (κ2) is 9.35. The fourth-order valence-electron chi connectivity index (χ4n) is 3.21. The number of carbonyl (C=O) groups is 1. The topological polar surface area (TPSA) is 66.5 Å². The van der Waals surface area contributed by atoms with Crippen LogP contribution in [0.1, 0.15) is 42.3 Å². The Morgan fingerprint density at radius 1 is 0.969 bits per heavy atom. The maximum Gasteiger partial charge on any atom is 0.264 e. The third-order valence-electron chi connectivity index (χ3n) is 4.80. The van der Waals surface area contributed by atoms with Gasteiger partial charge in [-0.15, -0.1) is 0 Å². The van der Waals surface area contributed by atoms with E-state index in [0.717, 1.165) is 11.1 Å². The Morgan fingerprint density at radius 3 is 2.19 bits per heavy atom. The van der Waals surface area contributed by atoms with Gasteiger partial charge in [-0.3, -0.25) is 9.10 Å². The van der Waals surface area contributed by atoms with E-state index < -0.39 is 10.0 Å². The smallest absolute Gasteiger partial charge is 0.264 e. The summed E-state index contributed by atoms with van der Waals surface area (Å²) in [6, 6.07) is 20.4. The van der Waals surface area contributed by atoms with E-state index in [4.69, 9.17) is 11.6 Å². The zero-order valence-corrected chi connectivity index (χ0v) is 20.2. The monoisotopic (exact) mass is 470 g/mol. The summed E-state index contributed by atoms with van der Waals surface area (Å²) in [5.41, 5.74) is 2.21. The van der Waals surface area contributed by atoms with Crippen molar-refractivity contribution in [2.45, 2.75) is 44.7 Å². The van der Waals surface area contributed by atoms with Gasteiger partial charge in [0, 0.05) is 16.1 Å². The highest BCUT2D eigenvalue weighted by Crippen LogP contribution is 2.31. The summed E-state index contributed by atoms with van der Waals surface area (Å²) >= 11 is 6.20. The SMILES string of the molecule is Cc1ccc(Cl)cc1N(Cc1ccc(C(=O)NC(C)(C)C)cc1)S(=O)(=O)c1ccccc1. The molecule has 0 bridgehead atoms. The number of halogens is 1. The number of sulfonamides is 1. The van der Waals surface area contributed by atoms with Gasteiger partial charge in [-0.1, -0.05) is 48.0 Å². The van der Waals surface area contributed by atoms with Crippen molar-refractivity contribution in [1.29, 1.82) is 0 Å². The maximum absolute atomic E-state index is 13.6. The van der Waals surface area contributed by atoms with Gasteiger partial charge in [-0.05, 0) is 75.2 Å². The first-order valence-corrected chi connectivity index (χ1v) is 12.0. The van der Waals surface area contributed by atoms with E-state index >= 15 is 0 Å². The molecule has 168 valence electrons. The quantitative estimate of drug-likeness (QED) is 0.512. The number of amides is 1. The van der Waals surface area contributed by atoms with Gasteiger partial charge in [0.15, 0.2) is 0 Å². The average Bonchev–Trinajstić information content (AvgIpc) is 2.73. The molecule has 0 atom stereocenters. The molecule has 1 N–H and O–H groups in total. The molecule has 0 unspecified atom stereocenters. The molecule has 0 saturated heterocycles. The minimum Gasteiger partial charge on any atom is -0.347 e. The Bertz CT molecular complexity index is 1200. The van der Waals surface area contributed by atoms with Crippen molar-refractivity contribution in [3.63, 3.8) is 0 Å². The Balaban J connectivity index is 1.98. The second-order valence-corrected chi connectivity index (χ2v) is 11.0. The van der Waals surface area contributed by atoms with E-state index in [0.29, 0.717) is 16.3 Å². The van der Waals surface area contributed by atoms with Crippen LogP contribution < -0.4 is 9.62 Å². The number of hydrogen-bond acceptors (Lipinski definition) is 3. The lowest BCUT2D eigenvalue weighted by Gasteiger charge is -2.26. The van der Waals surface area contributed by atoms with Gasteiger partial charge in [-0.2, -0.15) is 0 Å². The molecule has 3 rings (SSSR count). The van der Waals surface area contributed by atoms with Crippen LogP contribution in [0.4, 0.5) is 5.69 Å². The van der Waals surface area contributed by atoms with Crippen molar-refractivity contribution in [3.8, 4) is 0 Å². The van der Waals surface area contributed by atoms with Crippen LogP contribution in [0.15, 0.2) is 77.7 Å². The zero-order valence-electron chi connectivity index (χ0n) is 18.6. The van der Waals surface area contributed by atoms with Gasteiger partial charge in [0.2, 0.25) is 0 Å². The first-order valence-electron chi connectivity index (χ1n) is 10.2. The van der Waals surface area contributed by atoms with Gasteiger partial charge in [0.1, 0.15) is 0 Å². The van der Waals surface area contributed by atoms with Crippen LogP contribution in [-0.4, -0.2) is 19.9 Å². The molecule has 5 nitrogen and oxygen atoms in total. The van der Waals surface area contributed by atoms with Crippen LogP contribution in [0.2, 0.25) is 5.02 Å². The molecule has 0 heterocycles. The van der Waals surface area contributed by atoms with E-state index in [2.05, 4.69) is 5.32 Å². The Hall–Kier alpha value is -2.83. The highest BCUT2D eigenvalue weighted by atomic mass is 35.5. The average molecular weight is 471 g/mol. The van der Waals surface area contributed by atoms with Gasteiger partial charge in [-0.25, -0.2) is 8.42 Å². The number of hydrogen-bond donors (Lipinski definition) is 1. The zero-order chi connectivity index (χ0) is 23.5. The molecule has 0 spiro atoms. The summed E-state index contributed by atoms with van der Waals surface area (Å²) in [5.74, 6) is -0.177. The molecule has 0 aliphatic heterocycles. The number of nitrogens with one attached hydrogen (secondary N) is 1. The highest BCUT2D eigenvalue weighted by molar-refractivity contribution is 7.92. The summed E-state index contributed by atoms with van der Waals surface area (Å²) in [5, 5.41) is 3.37. The number of nitrogens with zero attached hydrogens (tertiary/aromatic N) is 1. The fraction of sp³-hybridized carbons (Fsp3) is 0.240. The number of rotatable bonds is 6. The summed E-state index contributed by atoms with van der Waals surface area (Å²) in [6.45, 7) is 7.69. The predicted octanol–water partition coefficient (Wildman–Crippen LogP) is 5.57. The van der Waals surface area contributed by atoms with E-state index in [-0.39, 0.29) is 22.9 Å². The second-order valence-electron chi connectivity index (χ2n) is 8.66. The lowest BCUT2D eigenvalue weighted by molar-refractivity contribution is 0.0919. The van der Waals surface area contributed by atoms with Gasteiger partial charge >= 0.3 is 0 Å². The molecular formula is C25H27ClN2O3S. The van der Waals surface area contributed by atoms with E-state index in [9.17, 15) is 13.2 Å². The lowest BCUT2D eigenvalue weighted by atomic mass is 10.1. The van der Waals surface area contributed by atoms with Crippen molar-refractivity contribution < 1.29 is 13.2 Å². The molecule has 0 radical (unpaired) electrons. The van der Waals surface area contributed by atoms with Gasteiger partial charge in [0.25, 0.3) is 15.9 Å². The molecule has 0 saturated carbocycles. The van der Waals surface area contributed by atoms with E-state index in [1.54, 1.807) is 72.8 Å². The van der Waals surface area contributed by atoms with Crippen molar-refractivity contribution in [1.82, 2.24) is 5.32 Å². The molecule has 3 aromatic rings. The van der Waals surface area contributed by atoms with Gasteiger partial charge in [0.05, 0.1) is 17.1 Å². The summed E-state index contributed by atoms with van der Waals surface area (Å²) in [4.78, 5) is 12.6. The minimum atomic E-state index is -3.85. The molecule has 7 heteroatoms. The Morgan fingerprint density at radius 2 is 1.59 bits per heavy atom. The minimum absolute atomic E-state index is 0.0968. The van der Waals surface area contributed by atoms with E-state index in [1.165, 1.54) is 4.31 Å². The van der Waals surface area contributed by atoms with Crippen LogP contribution in [0.25, 0.3) is 0 Å². The summed E-state index contributed by atoms with van der Waals surface area (Å²) in [7, 11) is -3.85. The first-order chi connectivity index (χ1) is 15.0. The first kappa shape index (κ1) is 23.8. The van der Waals surface area contributed by atoms with Crippen LogP contribution >= 0.6 is 11.6 Å². The third kappa shape index (κ3) is 5.69. The molecule has 0 aliphatic rings. The third-order valence-corrected chi connectivity index (χ3v) is 6.81. The Kier molecular flexibility index (Phi) is 6.96. The number of anilines is 1. The molecule has 3 aromatic carbocycles. The molecule has 32 heavy (non-hydrogen) atoms. The molecule has 1 amide bonds. The molecule has 0 aliphatic carbocycles. The summed E-state index contributed by atoms with van der Waals surface area (Å²) < 4.78 is 28.5. The van der Waals surface area contributed by atoms with Crippen LogP contribution in [-0.2, 0) is 16.6 Å². The summed E-state index contributed by atoms with van der Waals surface area (Å²) in [6.07, 6.45) is 0. The molecule has 0 aromatic heterocycles. The highest BCUT2D eigenvalue weighted by Gasteiger charge is 2.26. The largest absolute Gasteiger partial charge is 0.347 e. The van der Waals surface area contributed by atoms with Crippen LogP contribution in [0, 0.1) is 6.92 Å². The maximum atomic E-state index is 13.6. The molecular weight excluding hydrogens is 444 g/mol. The van der Waals surface area contributed by atoms with Crippen LogP contribution in [0.5, 0.6) is 0 Å². The van der Waals surface area contributed by atoms with Crippen LogP contribution in [0.3, 0.4) is 0 Å². The lowest BCUT2D eigenvalue weighted by Crippen LogP contribution is -2.40. The number of benzene rings is 3. The Labute approximate surface area is 195 Å². The van der Waals surface area contributed by atoms with Crippen molar-refractivity contribution in [3.05, 3.63) is 94.5 Å². The van der Waals surface area contributed by atoms with Crippen molar-refractivity contribution >= 4 is 33.2 Å². The van der Waals surface area contributed by atoms with E-state index in [1.807, 2.05) is 27.7 Å². The van der Waals surface area contributed by atoms with Crippen molar-refractivity contribution in [2.75, 3.05) is 4.31 Å². The number of aryl methyl sites for hydroxylation is 1. The fourth-order valence-corrected chi connectivity index (χ4v) is 4.91. The molecule has 0 fully saturated rings. The van der Waals surface area contributed by atoms with Crippen molar-refractivity contribution in [2.24, 2.45) is 0 Å². The number of carbonyl (C=O) groups excluding carboxylic acids is 1. The normalized spacial score (nSPS) is 11.8. The predicted molar refractivity (Wildman–Crippen MR) is 130 cm³/mol. The standard InChI is InChI=1S/C25H27ClN2O3S/c1-18-10-15-21(26)16-23(18)28(32(30,31)22-8-6-5-7-9-22)17-19-11-13-20(14-12-19)24(29)27-25(2,3)4/h5-16H,17H2,1-4H3,(H,27,29).